The molecule has 0 aliphatic carbocycles. The molecule has 0 saturated carbocycles. The highest BCUT2D eigenvalue weighted by molar-refractivity contribution is 6.10. The lowest BCUT2D eigenvalue weighted by Gasteiger charge is -2.13. The van der Waals surface area contributed by atoms with E-state index in [0.29, 0.717) is 22.7 Å². The van der Waals surface area contributed by atoms with E-state index in [-0.39, 0.29) is 17.0 Å². The predicted octanol–water partition coefficient (Wildman–Crippen LogP) is 3.21. The van der Waals surface area contributed by atoms with Gasteiger partial charge in [0, 0.05) is 23.6 Å². The number of carbonyl (C=O) groups excluding carboxylic acids is 2. The lowest BCUT2D eigenvalue weighted by molar-refractivity contribution is -0.113. The molecule has 0 spiro atoms. The number of carbonyl (C=O) groups is 2. The van der Waals surface area contributed by atoms with E-state index in [9.17, 15) is 14.7 Å². The van der Waals surface area contributed by atoms with Gasteiger partial charge in [-0.1, -0.05) is 6.07 Å². The second-order valence-electron chi connectivity index (χ2n) is 6.37. The van der Waals surface area contributed by atoms with Gasteiger partial charge in [-0.05, 0) is 60.2 Å². The number of nitrogens with one attached hydrogen (secondary N) is 2. The summed E-state index contributed by atoms with van der Waals surface area (Å²) in [6.07, 6.45) is 4.69. The summed E-state index contributed by atoms with van der Waals surface area (Å²) in [7, 11) is 2.97. The standard InChI is InChI=1S/C23H21N3O5/c1-30-20-10-5-16(13-21(20)31-2)22(28)26-19(12-15-4-3-11-24-14-15)23(29)25-17-6-8-18(27)9-7-17/h3-14,27H,1-2H3,(H,25,29)(H,26,28)/b19-12+. The maximum Gasteiger partial charge on any atom is 0.272 e. The Morgan fingerprint density at radius 2 is 1.74 bits per heavy atom. The fourth-order valence-electron chi connectivity index (χ4n) is 2.70. The van der Waals surface area contributed by atoms with Crippen molar-refractivity contribution >= 4 is 23.6 Å². The number of hydrogen-bond acceptors (Lipinski definition) is 6. The van der Waals surface area contributed by atoms with Crippen LogP contribution >= 0.6 is 0 Å². The van der Waals surface area contributed by atoms with Gasteiger partial charge in [0.15, 0.2) is 11.5 Å². The first-order chi connectivity index (χ1) is 15.0. The van der Waals surface area contributed by atoms with Crippen LogP contribution in [0.1, 0.15) is 15.9 Å². The van der Waals surface area contributed by atoms with E-state index in [1.807, 2.05) is 0 Å². The number of phenols is 1. The zero-order valence-corrected chi connectivity index (χ0v) is 17.0. The number of nitrogens with zero attached hydrogens (tertiary/aromatic N) is 1. The van der Waals surface area contributed by atoms with E-state index >= 15 is 0 Å². The molecule has 8 heteroatoms. The first kappa shape index (κ1) is 21.4. The van der Waals surface area contributed by atoms with Crippen molar-refractivity contribution in [3.8, 4) is 17.2 Å². The molecule has 0 bridgehead atoms. The largest absolute Gasteiger partial charge is 0.508 e. The van der Waals surface area contributed by atoms with Crippen molar-refractivity contribution in [1.29, 1.82) is 0 Å². The summed E-state index contributed by atoms with van der Waals surface area (Å²) in [6, 6.07) is 14.2. The SMILES string of the molecule is COc1ccc(C(=O)N/C(=C/c2cccnc2)C(=O)Nc2ccc(O)cc2)cc1OC. The molecular weight excluding hydrogens is 398 g/mol. The number of ether oxygens (including phenoxy) is 2. The molecule has 1 aromatic heterocycles. The Balaban J connectivity index is 1.87. The van der Waals surface area contributed by atoms with Crippen LogP contribution in [0.2, 0.25) is 0 Å². The van der Waals surface area contributed by atoms with Crippen molar-refractivity contribution < 1.29 is 24.2 Å². The molecule has 1 heterocycles. The number of phenolic OH excluding ortho intramolecular Hbond substituents is 1. The van der Waals surface area contributed by atoms with Crippen LogP contribution in [0.15, 0.2) is 72.7 Å². The third kappa shape index (κ3) is 5.60. The quantitative estimate of drug-likeness (QED) is 0.401. The average Bonchev–Trinajstić information content (AvgIpc) is 2.80. The number of methoxy groups -OCH3 is 2. The van der Waals surface area contributed by atoms with E-state index in [2.05, 4.69) is 15.6 Å². The van der Waals surface area contributed by atoms with Gasteiger partial charge in [-0.25, -0.2) is 0 Å². The highest BCUT2D eigenvalue weighted by atomic mass is 16.5. The Morgan fingerprint density at radius 3 is 2.39 bits per heavy atom. The second-order valence-corrected chi connectivity index (χ2v) is 6.37. The zero-order valence-electron chi connectivity index (χ0n) is 17.0. The van der Waals surface area contributed by atoms with Gasteiger partial charge in [-0.15, -0.1) is 0 Å². The molecule has 0 unspecified atom stereocenters. The lowest BCUT2D eigenvalue weighted by atomic mass is 10.1. The fraction of sp³-hybridized carbons (Fsp3) is 0.0870. The Hall–Kier alpha value is -4.33. The fourth-order valence-corrected chi connectivity index (χ4v) is 2.70. The molecular formula is C23H21N3O5. The zero-order chi connectivity index (χ0) is 22.2. The predicted molar refractivity (Wildman–Crippen MR) is 116 cm³/mol. The normalized spacial score (nSPS) is 10.8. The van der Waals surface area contributed by atoms with Gasteiger partial charge >= 0.3 is 0 Å². The van der Waals surface area contributed by atoms with Gasteiger partial charge in [-0.2, -0.15) is 0 Å². The van der Waals surface area contributed by atoms with Crippen LogP contribution < -0.4 is 20.1 Å². The maximum atomic E-state index is 12.9. The van der Waals surface area contributed by atoms with Crippen LogP contribution in [0.25, 0.3) is 6.08 Å². The summed E-state index contributed by atoms with van der Waals surface area (Å²) in [5, 5.41) is 14.7. The number of aromatic hydroxyl groups is 1. The van der Waals surface area contributed by atoms with Crippen LogP contribution in [0.3, 0.4) is 0 Å². The molecule has 0 fully saturated rings. The Kier molecular flexibility index (Phi) is 6.85. The Morgan fingerprint density at radius 1 is 1.00 bits per heavy atom. The van der Waals surface area contributed by atoms with Crippen LogP contribution in [-0.4, -0.2) is 36.1 Å². The highest BCUT2D eigenvalue weighted by Crippen LogP contribution is 2.27. The number of rotatable bonds is 7. The van der Waals surface area contributed by atoms with Gasteiger partial charge in [0.05, 0.1) is 14.2 Å². The summed E-state index contributed by atoms with van der Waals surface area (Å²) >= 11 is 0. The molecule has 3 aromatic rings. The highest BCUT2D eigenvalue weighted by Gasteiger charge is 2.17. The topological polar surface area (TPSA) is 110 Å². The molecule has 0 aliphatic rings. The molecule has 158 valence electrons. The molecule has 3 N–H and O–H groups in total. The van der Waals surface area contributed by atoms with Crippen molar-refractivity contribution in [2.45, 2.75) is 0 Å². The van der Waals surface area contributed by atoms with Gasteiger partial charge in [0.25, 0.3) is 11.8 Å². The van der Waals surface area contributed by atoms with E-state index < -0.39 is 11.8 Å². The van der Waals surface area contributed by atoms with Gasteiger partial charge in [0.1, 0.15) is 11.4 Å². The Labute approximate surface area is 179 Å². The molecule has 31 heavy (non-hydrogen) atoms. The molecule has 2 amide bonds. The Bertz CT molecular complexity index is 1100. The van der Waals surface area contributed by atoms with E-state index in [1.54, 1.807) is 48.8 Å². The minimum atomic E-state index is -0.539. The number of aromatic nitrogens is 1. The average molecular weight is 419 g/mol. The van der Waals surface area contributed by atoms with Gasteiger partial charge in [0.2, 0.25) is 0 Å². The number of pyridine rings is 1. The molecule has 0 atom stereocenters. The van der Waals surface area contributed by atoms with E-state index in [1.165, 1.54) is 38.5 Å². The van der Waals surface area contributed by atoms with Crippen molar-refractivity contribution in [1.82, 2.24) is 10.3 Å². The van der Waals surface area contributed by atoms with Gasteiger partial charge in [-0.3, -0.25) is 14.6 Å². The summed E-state index contributed by atoms with van der Waals surface area (Å²) < 4.78 is 10.4. The lowest BCUT2D eigenvalue weighted by Crippen LogP contribution is -2.30. The number of hydrogen-bond donors (Lipinski definition) is 3. The molecule has 8 nitrogen and oxygen atoms in total. The smallest absolute Gasteiger partial charge is 0.272 e. The summed E-state index contributed by atoms with van der Waals surface area (Å²) in [5.41, 5.74) is 1.39. The summed E-state index contributed by atoms with van der Waals surface area (Å²) in [5.74, 6) is -0.0945. The first-order valence-electron chi connectivity index (χ1n) is 9.25. The first-order valence-corrected chi connectivity index (χ1v) is 9.25. The minimum Gasteiger partial charge on any atom is -0.508 e. The van der Waals surface area contributed by atoms with Crippen LogP contribution in [0, 0.1) is 0 Å². The molecule has 0 radical (unpaired) electrons. The number of anilines is 1. The molecule has 0 saturated heterocycles. The maximum absolute atomic E-state index is 12.9. The van der Waals surface area contributed by atoms with Crippen molar-refractivity contribution in [3.05, 3.63) is 83.8 Å². The third-order valence-electron chi connectivity index (χ3n) is 4.26. The second kappa shape index (κ2) is 9.93. The van der Waals surface area contributed by atoms with Gasteiger partial charge < -0.3 is 25.2 Å². The van der Waals surface area contributed by atoms with E-state index in [0.717, 1.165) is 0 Å². The summed E-state index contributed by atoms with van der Waals surface area (Å²) in [4.78, 5) is 29.7. The monoisotopic (exact) mass is 419 g/mol. The third-order valence-corrected chi connectivity index (χ3v) is 4.26. The number of amides is 2. The molecule has 3 rings (SSSR count). The molecule has 2 aromatic carbocycles. The van der Waals surface area contributed by atoms with Crippen LogP contribution in [0.4, 0.5) is 5.69 Å². The van der Waals surface area contributed by atoms with Crippen LogP contribution in [-0.2, 0) is 4.79 Å². The number of benzene rings is 2. The minimum absolute atomic E-state index is 0.0147. The van der Waals surface area contributed by atoms with E-state index in [4.69, 9.17) is 9.47 Å². The van der Waals surface area contributed by atoms with Crippen molar-refractivity contribution in [2.75, 3.05) is 19.5 Å². The van der Waals surface area contributed by atoms with Crippen LogP contribution in [0.5, 0.6) is 17.2 Å². The summed E-state index contributed by atoms with van der Waals surface area (Å²) in [6.45, 7) is 0. The molecule has 0 aliphatic heterocycles. The van der Waals surface area contributed by atoms with Crippen molar-refractivity contribution in [3.63, 3.8) is 0 Å². The van der Waals surface area contributed by atoms with Crippen molar-refractivity contribution in [2.24, 2.45) is 0 Å².